The molecule has 1 aromatic carbocycles. The molecule has 2 N–H and O–H groups in total. The molecule has 20 heavy (non-hydrogen) atoms. The number of carbonyl (C=O) groups excluding carboxylic acids is 1. The first-order valence-corrected chi connectivity index (χ1v) is 7.75. The Morgan fingerprint density at radius 2 is 2.00 bits per heavy atom. The number of amides is 1. The van der Waals surface area contributed by atoms with Gasteiger partial charge < -0.3 is 10.6 Å². The van der Waals surface area contributed by atoms with Crippen molar-refractivity contribution in [2.24, 2.45) is 0 Å². The molecule has 3 rings (SSSR count). The summed E-state index contributed by atoms with van der Waals surface area (Å²) in [6.45, 7) is 2.95. The highest BCUT2D eigenvalue weighted by atomic mass is 16.1. The van der Waals surface area contributed by atoms with Crippen molar-refractivity contribution >= 4 is 5.91 Å². The second kappa shape index (κ2) is 5.57. The molecule has 1 atom stereocenters. The van der Waals surface area contributed by atoms with Gasteiger partial charge in [-0.1, -0.05) is 29.8 Å². The fraction of sp³-hybridized carbons (Fsp3) is 0.588. The quantitative estimate of drug-likeness (QED) is 0.883. The molecule has 3 heteroatoms. The lowest BCUT2D eigenvalue weighted by Crippen LogP contribution is -2.42. The van der Waals surface area contributed by atoms with Crippen molar-refractivity contribution in [2.75, 3.05) is 6.54 Å². The van der Waals surface area contributed by atoms with E-state index in [-0.39, 0.29) is 5.91 Å². The van der Waals surface area contributed by atoms with Crippen molar-refractivity contribution in [3.8, 4) is 0 Å². The van der Waals surface area contributed by atoms with Crippen LogP contribution in [0.15, 0.2) is 24.3 Å². The van der Waals surface area contributed by atoms with E-state index in [1.54, 1.807) is 0 Å². The summed E-state index contributed by atoms with van der Waals surface area (Å²) in [6.07, 6.45) is 6.34. The molecule has 108 valence electrons. The molecule has 0 radical (unpaired) electrons. The van der Waals surface area contributed by atoms with Gasteiger partial charge in [0.05, 0.1) is 0 Å². The predicted molar refractivity (Wildman–Crippen MR) is 80.6 cm³/mol. The summed E-state index contributed by atoms with van der Waals surface area (Å²) >= 11 is 0. The highest BCUT2D eigenvalue weighted by molar-refractivity contribution is 5.76. The summed E-state index contributed by atoms with van der Waals surface area (Å²) in [5.74, 6) is 0.206. The second-order valence-corrected chi connectivity index (χ2v) is 6.46. The van der Waals surface area contributed by atoms with Crippen LogP contribution in [-0.4, -0.2) is 24.0 Å². The van der Waals surface area contributed by atoms with Gasteiger partial charge in [0.2, 0.25) is 5.91 Å². The zero-order chi connectivity index (χ0) is 14.0. The first kappa shape index (κ1) is 13.6. The largest absolute Gasteiger partial charge is 0.356 e. The summed E-state index contributed by atoms with van der Waals surface area (Å²) in [7, 11) is 0. The van der Waals surface area contributed by atoms with Crippen LogP contribution in [0.1, 0.15) is 43.2 Å². The Kier molecular flexibility index (Phi) is 3.79. The van der Waals surface area contributed by atoms with Crippen LogP contribution in [0.5, 0.6) is 0 Å². The Balaban J connectivity index is 1.58. The number of hydrogen-bond donors (Lipinski definition) is 2. The van der Waals surface area contributed by atoms with Gasteiger partial charge in [0, 0.05) is 24.5 Å². The highest BCUT2D eigenvalue weighted by Crippen LogP contribution is 2.39. The molecular formula is C17H24N2O. The van der Waals surface area contributed by atoms with E-state index in [0.717, 1.165) is 25.8 Å². The van der Waals surface area contributed by atoms with Crippen LogP contribution >= 0.6 is 0 Å². The molecule has 0 aromatic heterocycles. The average molecular weight is 272 g/mol. The SMILES string of the molecule is Cc1ccc(CC2(N[C@H]3CCNC(=O)CC3)CC2)cc1. The highest BCUT2D eigenvalue weighted by Gasteiger charge is 2.43. The minimum atomic E-state index is 0.206. The predicted octanol–water partition coefficient (Wildman–Crippen LogP) is 2.33. The van der Waals surface area contributed by atoms with E-state index in [4.69, 9.17) is 0 Å². The van der Waals surface area contributed by atoms with Gasteiger partial charge in [0.25, 0.3) is 0 Å². The molecule has 1 amide bonds. The fourth-order valence-electron chi connectivity index (χ4n) is 3.12. The molecular weight excluding hydrogens is 248 g/mol. The number of carbonyl (C=O) groups is 1. The summed E-state index contributed by atoms with van der Waals surface area (Å²) in [5.41, 5.74) is 3.04. The Labute approximate surface area is 121 Å². The van der Waals surface area contributed by atoms with Crippen LogP contribution < -0.4 is 10.6 Å². The molecule has 1 aliphatic heterocycles. The minimum absolute atomic E-state index is 0.206. The van der Waals surface area contributed by atoms with E-state index >= 15 is 0 Å². The first-order valence-electron chi connectivity index (χ1n) is 7.75. The van der Waals surface area contributed by atoms with Crippen LogP contribution in [0.2, 0.25) is 0 Å². The normalized spacial score (nSPS) is 24.9. The first-order chi connectivity index (χ1) is 9.65. The zero-order valence-corrected chi connectivity index (χ0v) is 12.2. The molecule has 1 aliphatic carbocycles. The monoisotopic (exact) mass is 272 g/mol. The van der Waals surface area contributed by atoms with Crippen molar-refractivity contribution in [3.63, 3.8) is 0 Å². The molecule has 2 aliphatic rings. The van der Waals surface area contributed by atoms with E-state index in [0.29, 0.717) is 18.0 Å². The van der Waals surface area contributed by atoms with Gasteiger partial charge in [0.15, 0.2) is 0 Å². The lowest BCUT2D eigenvalue weighted by molar-refractivity contribution is -0.120. The van der Waals surface area contributed by atoms with E-state index in [9.17, 15) is 4.79 Å². The number of hydrogen-bond acceptors (Lipinski definition) is 2. The third-order valence-corrected chi connectivity index (χ3v) is 4.56. The van der Waals surface area contributed by atoms with Gasteiger partial charge in [-0.25, -0.2) is 0 Å². The van der Waals surface area contributed by atoms with E-state index < -0.39 is 0 Å². The average Bonchev–Trinajstić information content (AvgIpc) is 3.20. The zero-order valence-electron chi connectivity index (χ0n) is 12.2. The Hall–Kier alpha value is -1.35. The fourth-order valence-corrected chi connectivity index (χ4v) is 3.12. The summed E-state index contributed by atoms with van der Waals surface area (Å²) in [5, 5.41) is 6.80. The number of rotatable bonds is 4. The standard InChI is InChI=1S/C17H24N2O/c1-13-2-4-14(5-3-13)12-17(9-10-17)19-15-6-7-16(20)18-11-8-15/h2-5,15,19H,6-12H2,1H3,(H,18,20)/t15-/m1/s1. The van der Waals surface area contributed by atoms with Crippen molar-refractivity contribution < 1.29 is 4.79 Å². The van der Waals surface area contributed by atoms with Crippen LogP contribution in [0.3, 0.4) is 0 Å². The summed E-state index contributed by atoms with van der Waals surface area (Å²) < 4.78 is 0. The number of nitrogens with one attached hydrogen (secondary N) is 2. The van der Waals surface area contributed by atoms with Gasteiger partial charge in [-0.3, -0.25) is 4.79 Å². The maximum absolute atomic E-state index is 11.4. The molecule has 1 aromatic rings. The van der Waals surface area contributed by atoms with Crippen LogP contribution in [0, 0.1) is 6.92 Å². The number of aryl methyl sites for hydroxylation is 1. The molecule has 1 saturated heterocycles. The number of benzene rings is 1. The Morgan fingerprint density at radius 1 is 1.25 bits per heavy atom. The molecule has 2 fully saturated rings. The van der Waals surface area contributed by atoms with E-state index in [1.165, 1.54) is 24.0 Å². The van der Waals surface area contributed by atoms with Crippen LogP contribution in [-0.2, 0) is 11.2 Å². The topological polar surface area (TPSA) is 41.1 Å². The third kappa shape index (κ3) is 3.40. The van der Waals surface area contributed by atoms with Crippen LogP contribution in [0.25, 0.3) is 0 Å². The van der Waals surface area contributed by atoms with Gasteiger partial charge in [0.1, 0.15) is 0 Å². The van der Waals surface area contributed by atoms with Gasteiger partial charge in [-0.15, -0.1) is 0 Å². The van der Waals surface area contributed by atoms with Gasteiger partial charge in [-0.05, 0) is 44.6 Å². The Bertz CT molecular complexity index is 476. The maximum Gasteiger partial charge on any atom is 0.220 e. The molecule has 3 nitrogen and oxygen atoms in total. The third-order valence-electron chi connectivity index (χ3n) is 4.56. The summed E-state index contributed by atoms with van der Waals surface area (Å²) in [4.78, 5) is 11.4. The summed E-state index contributed by atoms with van der Waals surface area (Å²) in [6, 6.07) is 9.37. The van der Waals surface area contributed by atoms with Gasteiger partial charge >= 0.3 is 0 Å². The molecule has 1 heterocycles. The lowest BCUT2D eigenvalue weighted by atomic mass is 10.0. The smallest absolute Gasteiger partial charge is 0.220 e. The van der Waals surface area contributed by atoms with Crippen molar-refractivity contribution in [3.05, 3.63) is 35.4 Å². The van der Waals surface area contributed by atoms with E-state index in [2.05, 4.69) is 41.8 Å². The molecule has 0 bridgehead atoms. The maximum atomic E-state index is 11.4. The second-order valence-electron chi connectivity index (χ2n) is 6.46. The van der Waals surface area contributed by atoms with E-state index in [1.807, 2.05) is 0 Å². The Morgan fingerprint density at radius 3 is 2.70 bits per heavy atom. The molecule has 1 saturated carbocycles. The minimum Gasteiger partial charge on any atom is -0.356 e. The van der Waals surface area contributed by atoms with Crippen molar-refractivity contribution in [2.45, 2.75) is 57.0 Å². The van der Waals surface area contributed by atoms with Crippen LogP contribution in [0.4, 0.5) is 0 Å². The van der Waals surface area contributed by atoms with Gasteiger partial charge in [-0.2, -0.15) is 0 Å². The molecule has 0 spiro atoms. The lowest BCUT2D eigenvalue weighted by Gasteiger charge is -2.24. The van der Waals surface area contributed by atoms with Crippen molar-refractivity contribution in [1.29, 1.82) is 0 Å². The molecule has 0 unspecified atom stereocenters. The van der Waals surface area contributed by atoms with Crippen molar-refractivity contribution in [1.82, 2.24) is 10.6 Å².